The molecule has 8 heteroatoms. The van der Waals surface area contributed by atoms with Crippen LogP contribution in [0.1, 0.15) is 23.0 Å². The molecule has 2 aromatic carbocycles. The second-order valence-corrected chi connectivity index (χ2v) is 7.01. The minimum atomic E-state index is -0.568. The first-order valence-corrected chi connectivity index (χ1v) is 9.28. The van der Waals surface area contributed by atoms with E-state index in [0.29, 0.717) is 12.4 Å². The monoisotopic (exact) mass is 442 g/mol. The maximum atomic E-state index is 11.1. The van der Waals surface area contributed by atoms with E-state index in [9.17, 15) is 10.1 Å². The maximum absolute atomic E-state index is 11.1. The highest BCUT2D eigenvalue weighted by Gasteiger charge is 2.25. The first-order chi connectivity index (χ1) is 13.6. The van der Waals surface area contributed by atoms with Crippen LogP contribution in [0.25, 0.3) is 0 Å². The highest BCUT2D eigenvalue weighted by atomic mass is 79.9. The molecule has 0 fully saturated rings. The molecule has 0 radical (unpaired) electrons. The number of pyridine rings is 1. The van der Waals surface area contributed by atoms with Crippen molar-refractivity contribution in [1.82, 2.24) is 4.98 Å². The highest BCUT2D eigenvalue weighted by molar-refractivity contribution is 9.10. The summed E-state index contributed by atoms with van der Waals surface area (Å²) in [4.78, 5) is 14.3. The average Bonchev–Trinajstić information content (AvgIpc) is 2.72. The maximum Gasteiger partial charge on any atom is 0.406 e. The minimum Gasteiger partial charge on any atom is -0.481 e. The Balaban J connectivity index is 1.61. The number of benzene rings is 2. The number of rotatable bonds is 5. The third-order valence-corrected chi connectivity index (χ3v) is 4.66. The Morgan fingerprint density at radius 3 is 2.82 bits per heavy atom. The third kappa shape index (κ3) is 3.83. The molecular weight excluding hydrogens is 428 g/mol. The van der Waals surface area contributed by atoms with Gasteiger partial charge in [0.2, 0.25) is 12.0 Å². The lowest BCUT2D eigenvalue weighted by atomic mass is 10.1. The molecule has 4 rings (SSSR count). The van der Waals surface area contributed by atoms with E-state index in [1.165, 1.54) is 12.3 Å². The molecule has 1 atom stereocenters. The van der Waals surface area contributed by atoms with Crippen LogP contribution in [0.2, 0.25) is 0 Å². The van der Waals surface area contributed by atoms with Crippen molar-refractivity contribution in [1.29, 1.82) is 0 Å². The van der Waals surface area contributed by atoms with E-state index >= 15 is 0 Å². The van der Waals surface area contributed by atoms with Crippen LogP contribution in [0.15, 0.2) is 65.3 Å². The second kappa shape index (κ2) is 7.95. The predicted molar refractivity (Wildman–Crippen MR) is 104 cm³/mol. The summed E-state index contributed by atoms with van der Waals surface area (Å²) in [5.74, 6) is 0.445. The molecule has 142 valence electrons. The Hall–Kier alpha value is -2.97. The standard InChI is InChI=1S/C20H15BrN2O5/c21-16-9-14(11-26-17-7-4-8-22-19(17)23(24)25)18-15(10-16)12-27-20(28-18)13-5-2-1-3-6-13/h1-10,20H,11-12H2. The molecule has 7 nitrogen and oxygen atoms in total. The van der Waals surface area contributed by atoms with Gasteiger partial charge in [0.15, 0.2) is 0 Å². The van der Waals surface area contributed by atoms with Crippen LogP contribution in [0.4, 0.5) is 5.82 Å². The topological polar surface area (TPSA) is 83.7 Å². The zero-order chi connectivity index (χ0) is 19.5. The Labute approximate surface area is 169 Å². The molecule has 28 heavy (non-hydrogen) atoms. The number of aromatic nitrogens is 1. The first-order valence-electron chi connectivity index (χ1n) is 8.48. The van der Waals surface area contributed by atoms with E-state index in [2.05, 4.69) is 20.9 Å². The lowest BCUT2D eigenvalue weighted by Gasteiger charge is -2.28. The molecule has 1 aliphatic heterocycles. The van der Waals surface area contributed by atoms with Gasteiger partial charge in [0.25, 0.3) is 0 Å². The van der Waals surface area contributed by atoms with Crippen molar-refractivity contribution in [2.24, 2.45) is 0 Å². The van der Waals surface area contributed by atoms with Gasteiger partial charge in [-0.05, 0) is 34.2 Å². The van der Waals surface area contributed by atoms with E-state index < -0.39 is 11.2 Å². The van der Waals surface area contributed by atoms with Crippen LogP contribution < -0.4 is 9.47 Å². The van der Waals surface area contributed by atoms with E-state index in [1.807, 2.05) is 42.5 Å². The number of nitrogens with zero attached hydrogens (tertiary/aromatic N) is 2. The Kier molecular flexibility index (Phi) is 5.23. The smallest absolute Gasteiger partial charge is 0.406 e. The Morgan fingerprint density at radius 2 is 2.04 bits per heavy atom. The van der Waals surface area contributed by atoms with Gasteiger partial charge in [-0.25, -0.2) is 0 Å². The van der Waals surface area contributed by atoms with Crippen molar-refractivity contribution in [2.75, 3.05) is 0 Å². The van der Waals surface area contributed by atoms with Gasteiger partial charge in [0.05, 0.1) is 6.61 Å². The average molecular weight is 443 g/mol. The minimum absolute atomic E-state index is 0.0931. The second-order valence-electron chi connectivity index (χ2n) is 6.10. The fraction of sp³-hybridized carbons (Fsp3) is 0.150. The lowest BCUT2D eigenvalue weighted by Crippen LogP contribution is -2.19. The fourth-order valence-corrected chi connectivity index (χ4v) is 3.50. The molecule has 1 aliphatic rings. The Bertz CT molecular complexity index is 1010. The summed E-state index contributed by atoms with van der Waals surface area (Å²) in [7, 11) is 0. The fourth-order valence-electron chi connectivity index (χ4n) is 2.95. The van der Waals surface area contributed by atoms with Crippen LogP contribution in [0.5, 0.6) is 11.5 Å². The summed E-state index contributed by atoms with van der Waals surface area (Å²) in [5, 5.41) is 11.1. The van der Waals surface area contributed by atoms with Crippen molar-refractivity contribution >= 4 is 21.7 Å². The molecule has 2 heterocycles. The quantitative estimate of drug-likeness (QED) is 0.410. The molecular formula is C20H15BrN2O5. The van der Waals surface area contributed by atoms with Crippen LogP contribution in [0.3, 0.4) is 0 Å². The molecule has 0 N–H and O–H groups in total. The molecule has 0 bridgehead atoms. The van der Waals surface area contributed by atoms with Crippen molar-refractivity contribution < 1.29 is 19.1 Å². The predicted octanol–water partition coefficient (Wildman–Crippen LogP) is 4.94. The number of ether oxygens (including phenoxy) is 3. The van der Waals surface area contributed by atoms with Crippen LogP contribution in [-0.4, -0.2) is 9.91 Å². The van der Waals surface area contributed by atoms with Gasteiger partial charge in [-0.2, -0.15) is 0 Å². The van der Waals surface area contributed by atoms with Crippen LogP contribution in [-0.2, 0) is 18.0 Å². The van der Waals surface area contributed by atoms with Crippen molar-refractivity contribution in [3.05, 3.63) is 92.1 Å². The van der Waals surface area contributed by atoms with Gasteiger partial charge in [-0.1, -0.05) is 46.3 Å². The molecule has 0 aliphatic carbocycles. The number of hydrogen-bond donors (Lipinski definition) is 0. The third-order valence-electron chi connectivity index (χ3n) is 4.20. The van der Waals surface area contributed by atoms with E-state index in [1.54, 1.807) is 6.07 Å². The normalized spacial score (nSPS) is 15.4. The van der Waals surface area contributed by atoms with Crippen molar-refractivity contribution in [3.8, 4) is 11.5 Å². The van der Waals surface area contributed by atoms with Gasteiger partial charge in [0.1, 0.15) is 18.6 Å². The lowest BCUT2D eigenvalue weighted by molar-refractivity contribution is -0.390. The molecule has 0 amide bonds. The zero-order valence-electron chi connectivity index (χ0n) is 14.6. The molecule has 0 saturated carbocycles. The molecule has 1 aromatic heterocycles. The summed E-state index contributed by atoms with van der Waals surface area (Å²) in [5.41, 5.74) is 2.54. The van der Waals surface area contributed by atoms with E-state index in [4.69, 9.17) is 14.2 Å². The molecule has 0 saturated heterocycles. The molecule has 3 aromatic rings. The summed E-state index contributed by atoms with van der Waals surface area (Å²) in [6.07, 6.45) is 0.831. The van der Waals surface area contributed by atoms with Gasteiger partial charge < -0.3 is 24.3 Å². The summed E-state index contributed by atoms with van der Waals surface area (Å²) in [6.45, 7) is 0.476. The number of hydrogen-bond acceptors (Lipinski definition) is 6. The SMILES string of the molecule is O=[N+]([O-])c1ncccc1OCc1cc(Br)cc2c1OC(c1ccccc1)OC2. The van der Waals surface area contributed by atoms with E-state index in [-0.39, 0.29) is 18.2 Å². The first kappa shape index (κ1) is 18.4. The van der Waals surface area contributed by atoms with Crippen molar-refractivity contribution in [3.63, 3.8) is 0 Å². The zero-order valence-corrected chi connectivity index (χ0v) is 16.2. The number of nitro groups is 1. The van der Waals surface area contributed by atoms with Gasteiger partial charge in [-0.15, -0.1) is 0 Å². The Morgan fingerprint density at radius 1 is 1.21 bits per heavy atom. The summed E-state index contributed by atoms with van der Waals surface area (Å²) in [6, 6.07) is 16.5. The summed E-state index contributed by atoms with van der Waals surface area (Å²) >= 11 is 3.48. The van der Waals surface area contributed by atoms with Crippen molar-refractivity contribution in [2.45, 2.75) is 19.5 Å². The van der Waals surface area contributed by atoms with Gasteiger partial charge in [0, 0.05) is 21.2 Å². The number of halogens is 1. The molecule has 1 unspecified atom stereocenters. The van der Waals surface area contributed by atoms with E-state index in [0.717, 1.165) is 21.2 Å². The molecule has 0 spiro atoms. The van der Waals surface area contributed by atoms with Crippen LogP contribution >= 0.6 is 15.9 Å². The largest absolute Gasteiger partial charge is 0.481 e. The highest BCUT2D eigenvalue weighted by Crippen LogP contribution is 2.38. The van der Waals surface area contributed by atoms with Crippen LogP contribution in [0, 0.1) is 10.1 Å². The number of fused-ring (bicyclic) bond motifs is 1. The van der Waals surface area contributed by atoms with Gasteiger partial charge >= 0.3 is 5.82 Å². The van der Waals surface area contributed by atoms with Gasteiger partial charge in [-0.3, -0.25) is 0 Å². The summed E-state index contributed by atoms with van der Waals surface area (Å²) < 4.78 is 18.5.